The third-order valence-corrected chi connectivity index (χ3v) is 3.56. The predicted octanol–water partition coefficient (Wildman–Crippen LogP) is 0.917. The lowest BCUT2D eigenvalue weighted by molar-refractivity contribution is -0.149. The van der Waals surface area contributed by atoms with Crippen molar-refractivity contribution < 1.29 is 18.3 Å². The highest BCUT2D eigenvalue weighted by Crippen LogP contribution is 2.17. The van der Waals surface area contributed by atoms with Crippen LogP contribution in [0.15, 0.2) is 0 Å². The van der Waals surface area contributed by atoms with Gasteiger partial charge in [0, 0.05) is 32.2 Å². The summed E-state index contributed by atoms with van der Waals surface area (Å²) >= 11 is 0. The Morgan fingerprint density at radius 1 is 1.15 bits per heavy atom. The van der Waals surface area contributed by atoms with E-state index in [1.165, 1.54) is 4.90 Å². The molecule has 0 bridgehead atoms. The molecular formula is C13H26F3N3O. The Hall–Kier alpha value is -0.370. The van der Waals surface area contributed by atoms with E-state index in [0.29, 0.717) is 26.2 Å². The van der Waals surface area contributed by atoms with Gasteiger partial charge in [0.2, 0.25) is 0 Å². The van der Waals surface area contributed by atoms with Gasteiger partial charge in [-0.2, -0.15) is 13.2 Å². The van der Waals surface area contributed by atoms with E-state index in [9.17, 15) is 18.3 Å². The van der Waals surface area contributed by atoms with Crippen molar-refractivity contribution in [2.45, 2.75) is 32.0 Å². The molecule has 0 radical (unpaired) electrons. The molecule has 7 heteroatoms. The molecule has 0 amide bonds. The Kier molecular flexibility index (Phi) is 7.79. The maximum Gasteiger partial charge on any atom is 0.401 e. The van der Waals surface area contributed by atoms with Crippen LogP contribution in [0, 0.1) is 0 Å². The largest absolute Gasteiger partial charge is 0.401 e. The molecule has 0 aromatic carbocycles. The highest BCUT2D eigenvalue weighted by molar-refractivity contribution is 4.76. The topological polar surface area (TPSA) is 38.7 Å². The second kappa shape index (κ2) is 8.81. The zero-order valence-corrected chi connectivity index (χ0v) is 12.1. The van der Waals surface area contributed by atoms with E-state index in [-0.39, 0.29) is 12.6 Å². The van der Waals surface area contributed by atoms with E-state index in [1.807, 2.05) is 0 Å². The van der Waals surface area contributed by atoms with Gasteiger partial charge in [0.05, 0.1) is 13.2 Å². The lowest BCUT2D eigenvalue weighted by Gasteiger charge is -2.35. The number of hydrogen-bond acceptors (Lipinski definition) is 4. The molecule has 1 atom stereocenters. The fourth-order valence-corrected chi connectivity index (χ4v) is 2.37. The van der Waals surface area contributed by atoms with Crippen LogP contribution >= 0.6 is 0 Å². The van der Waals surface area contributed by atoms with E-state index >= 15 is 0 Å². The molecule has 4 nitrogen and oxygen atoms in total. The Morgan fingerprint density at radius 2 is 1.75 bits per heavy atom. The van der Waals surface area contributed by atoms with Gasteiger partial charge >= 0.3 is 6.18 Å². The number of rotatable bonds is 8. The SMILES string of the molecule is CCCNC(CO)CCN1CCN(CC(F)(F)F)CC1. The van der Waals surface area contributed by atoms with E-state index in [1.54, 1.807) is 0 Å². The van der Waals surface area contributed by atoms with Gasteiger partial charge in [-0.1, -0.05) is 6.92 Å². The first-order chi connectivity index (χ1) is 9.44. The first-order valence-electron chi connectivity index (χ1n) is 7.30. The van der Waals surface area contributed by atoms with Crippen molar-refractivity contribution in [1.82, 2.24) is 15.1 Å². The number of aliphatic hydroxyl groups is 1. The molecule has 1 fully saturated rings. The Morgan fingerprint density at radius 3 is 2.25 bits per heavy atom. The molecule has 1 heterocycles. The van der Waals surface area contributed by atoms with E-state index < -0.39 is 12.7 Å². The minimum Gasteiger partial charge on any atom is -0.395 e. The molecule has 0 aromatic rings. The van der Waals surface area contributed by atoms with Gasteiger partial charge in [0.25, 0.3) is 0 Å². The summed E-state index contributed by atoms with van der Waals surface area (Å²) < 4.78 is 36.8. The van der Waals surface area contributed by atoms with Gasteiger partial charge in [-0.3, -0.25) is 4.90 Å². The van der Waals surface area contributed by atoms with Crippen molar-refractivity contribution in [3.05, 3.63) is 0 Å². The molecule has 1 aliphatic rings. The number of halogens is 3. The third-order valence-electron chi connectivity index (χ3n) is 3.56. The third kappa shape index (κ3) is 7.42. The average molecular weight is 297 g/mol. The highest BCUT2D eigenvalue weighted by atomic mass is 19.4. The summed E-state index contributed by atoms with van der Waals surface area (Å²) in [5.41, 5.74) is 0. The number of alkyl halides is 3. The smallest absolute Gasteiger partial charge is 0.395 e. The van der Waals surface area contributed by atoms with Gasteiger partial charge in [0.1, 0.15) is 0 Å². The molecule has 0 saturated carbocycles. The summed E-state index contributed by atoms with van der Waals surface area (Å²) in [4.78, 5) is 3.62. The lowest BCUT2D eigenvalue weighted by atomic mass is 10.2. The maximum absolute atomic E-state index is 12.3. The summed E-state index contributed by atoms with van der Waals surface area (Å²) in [7, 11) is 0. The first kappa shape index (κ1) is 17.7. The first-order valence-corrected chi connectivity index (χ1v) is 7.30. The quantitative estimate of drug-likeness (QED) is 0.699. The van der Waals surface area contributed by atoms with Gasteiger partial charge < -0.3 is 15.3 Å². The summed E-state index contributed by atoms with van der Waals surface area (Å²) in [6.07, 6.45) is -2.25. The second-order valence-corrected chi connectivity index (χ2v) is 5.36. The molecule has 120 valence electrons. The van der Waals surface area contributed by atoms with Crippen LogP contribution in [0.3, 0.4) is 0 Å². The van der Waals surface area contributed by atoms with Crippen molar-refractivity contribution in [3.8, 4) is 0 Å². The normalized spacial score (nSPS) is 20.2. The molecule has 1 rings (SSSR count). The van der Waals surface area contributed by atoms with Crippen LogP contribution in [-0.2, 0) is 0 Å². The average Bonchev–Trinajstić information content (AvgIpc) is 2.39. The molecule has 1 aliphatic heterocycles. The fourth-order valence-electron chi connectivity index (χ4n) is 2.37. The molecular weight excluding hydrogens is 271 g/mol. The number of hydrogen-bond donors (Lipinski definition) is 2. The molecule has 0 spiro atoms. The van der Waals surface area contributed by atoms with Crippen LogP contribution in [0.2, 0.25) is 0 Å². The summed E-state index contributed by atoms with van der Waals surface area (Å²) in [6.45, 7) is 5.33. The van der Waals surface area contributed by atoms with Crippen LogP contribution in [0.4, 0.5) is 13.2 Å². The predicted molar refractivity (Wildman–Crippen MR) is 72.7 cm³/mol. The van der Waals surface area contributed by atoms with E-state index in [4.69, 9.17) is 0 Å². The van der Waals surface area contributed by atoms with Crippen LogP contribution in [0.1, 0.15) is 19.8 Å². The lowest BCUT2D eigenvalue weighted by Crippen LogP contribution is -2.50. The zero-order chi connectivity index (χ0) is 15.0. The molecule has 0 aliphatic carbocycles. The van der Waals surface area contributed by atoms with Crippen molar-refractivity contribution in [2.75, 3.05) is 52.4 Å². The minimum atomic E-state index is -4.10. The van der Waals surface area contributed by atoms with Crippen LogP contribution < -0.4 is 5.32 Å². The van der Waals surface area contributed by atoms with E-state index in [2.05, 4.69) is 17.1 Å². The van der Waals surface area contributed by atoms with E-state index in [0.717, 1.165) is 25.9 Å². The zero-order valence-electron chi connectivity index (χ0n) is 12.1. The maximum atomic E-state index is 12.3. The van der Waals surface area contributed by atoms with Crippen molar-refractivity contribution >= 4 is 0 Å². The molecule has 0 aromatic heterocycles. The summed E-state index contributed by atoms with van der Waals surface area (Å²) in [5.74, 6) is 0. The Labute approximate surface area is 118 Å². The monoisotopic (exact) mass is 297 g/mol. The summed E-state index contributed by atoms with van der Waals surface area (Å²) in [6, 6.07) is 0.0863. The fraction of sp³-hybridized carbons (Fsp3) is 1.00. The van der Waals surface area contributed by atoms with Gasteiger partial charge in [0.15, 0.2) is 0 Å². The Bertz CT molecular complexity index is 256. The molecule has 2 N–H and O–H groups in total. The van der Waals surface area contributed by atoms with Crippen LogP contribution in [0.25, 0.3) is 0 Å². The molecule has 20 heavy (non-hydrogen) atoms. The number of nitrogens with zero attached hydrogens (tertiary/aromatic N) is 2. The van der Waals surface area contributed by atoms with Crippen molar-refractivity contribution in [3.63, 3.8) is 0 Å². The second-order valence-electron chi connectivity index (χ2n) is 5.36. The highest BCUT2D eigenvalue weighted by Gasteiger charge is 2.32. The summed E-state index contributed by atoms with van der Waals surface area (Å²) in [5, 5.41) is 12.5. The van der Waals surface area contributed by atoms with Crippen LogP contribution in [-0.4, -0.2) is 79.5 Å². The standard InChI is InChI=1S/C13H26F3N3O/c1-2-4-17-12(10-20)3-5-18-6-8-19(9-7-18)11-13(14,15)16/h12,17,20H,2-11H2,1H3. The number of nitrogens with one attached hydrogen (secondary N) is 1. The molecule has 1 unspecified atom stereocenters. The van der Waals surface area contributed by atoms with Crippen molar-refractivity contribution in [1.29, 1.82) is 0 Å². The Balaban J connectivity index is 2.18. The van der Waals surface area contributed by atoms with Crippen LogP contribution in [0.5, 0.6) is 0 Å². The molecule has 1 saturated heterocycles. The van der Waals surface area contributed by atoms with Gasteiger partial charge in [-0.25, -0.2) is 0 Å². The number of piperazine rings is 1. The number of aliphatic hydroxyl groups excluding tert-OH is 1. The minimum absolute atomic E-state index is 0.0863. The van der Waals surface area contributed by atoms with Crippen molar-refractivity contribution in [2.24, 2.45) is 0 Å². The van der Waals surface area contributed by atoms with Gasteiger partial charge in [-0.15, -0.1) is 0 Å². The van der Waals surface area contributed by atoms with Gasteiger partial charge in [-0.05, 0) is 25.9 Å².